The summed E-state index contributed by atoms with van der Waals surface area (Å²) in [5.74, 6) is -0.876. The van der Waals surface area contributed by atoms with Crippen molar-refractivity contribution in [3.8, 4) is 0 Å². The molecule has 0 radical (unpaired) electrons. The lowest BCUT2D eigenvalue weighted by molar-refractivity contribution is -0.147. The number of Topliss-reactive ketones (excluding diaryl/α,β-unsaturated/α-hetero) is 1. The molecule has 3 N–H and O–H groups in total. The van der Waals surface area contributed by atoms with Crippen molar-refractivity contribution in [3.63, 3.8) is 0 Å². The number of ketones is 1. The van der Waals surface area contributed by atoms with Gasteiger partial charge in [-0.3, -0.25) is 9.59 Å². The number of hydrogen-bond donors (Lipinski definition) is 3. The number of carbonyl (C=O) groups excluding carboxylic acids is 2. The average molecular weight is 639 g/mol. The summed E-state index contributed by atoms with van der Waals surface area (Å²) in [5.41, 5.74) is 0. The molecular weight excluding hydrogens is 572 g/mol. The Morgan fingerprint density at radius 3 is 1.73 bits per heavy atom. The summed E-state index contributed by atoms with van der Waals surface area (Å²) in [7, 11) is 0. The van der Waals surface area contributed by atoms with Crippen LogP contribution in [0.25, 0.3) is 0 Å². The highest BCUT2D eigenvalue weighted by Gasteiger charge is 2.38. The second-order valence-electron chi connectivity index (χ2n) is 14.2. The molecular formula is C37H66O8. The van der Waals surface area contributed by atoms with E-state index in [9.17, 15) is 24.9 Å². The van der Waals surface area contributed by atoms with E-state index in [4.69, 9.17) is 14.2 Å². The van der Waals surface area contributed by atoms with Crippen molar-refractivity contribution in [2.45, 2.75) is 217 Å². The minimum absolute atomic E-state index is 0.00288. The normalized spacial score (nSPS) is 28.8. The Hall–Kier alpha value is -1.06. The second-order valence-corrected chi connectivity index (χ2v) is 14.2. The number of cyclic esters (lactones) is 1. The molecule has 3 heterocycles. The van der Waals surface area contributed by atoms with Gasteiger partial charge >= 0.3 is 5.97 Å². The van der Waals surface area contributed by atoms with Crippen molar-refractivity contribution in [1.82, 2.24) is 0 Å². The maximum atomic E-state index is 11.9. The van der Waals surface area contributed by atoms with Crippen LogP contribution in [0.5, 0.6) is 0 Å². The van der Waals surface area contributed by atoms with Crippen LogP contribution >= 0.6 is 0 Å². The molecule has 0 bridgehead atoms. The van der Waals surface area contributed by atoms with Crippen molar-refractivity contribution in [3.05, 3.63) is 0 Å². The van der Waals surface area contributed by atoms with Gasteiger partial charge in [0.05, 0.1) is 42.7 Å². The number of esters is 1. The van der Waals surface area contributed by atoms with Gasteiger partial charge in [-0.1, -0.05) is 90.9 Å². The summed E-state index contributed by atoms with van der Waals surface area (Å²) in [6.45, 7) is 4.03. The molecule has 8 heteroatoms. The van der Waals surface area contributed by atoms with Crippen molar-refractivity contribution in [2.24, 2.45) is 5.92 Å². The lowest BCUT2D eigenvalue weighted by Gasteiger charge is -2.24. The Balaban J connectivity index is 1.17. The van der Waals surface area contributed by atoms with Crippen molar-refractivity contribution in [2.75, 3.05) is 0 Å². The highest BCUT2D eigenvalue weighted by Crippen LogP contribution is 2.31. The predicted octanol–water partition coefficient (Wildman–Crippen LogP) is 7.12. The van der Waals surface area contributed by atoms with E-state index in [1.165, 1.54) is 38.5 Å². The fourth-order valence-electron chi connectivity index (χ4n) is 7.48. The van der Waals surface area contributed by atoms with E-state index in [0.29, 0.717) is 25.7 Å². The fourth-order valence-corrected chi connectivity index (χ4v) is 7.48. The van der Waals surface area contributed by atoms with Crippen LogP contribution in [0.3, 0.4) is 0 Å². The number of hydrogen-bond acceptors (Lipinski definition) is 8. The van der Waals surface area contributed by atoms with Crippen molar-refractivity contribution < 1.29 is 39.1 Å². The molecule has 0 aromatic carbocycles. The Morgan fingerprint density at radius 2 is 1.13 bits per heavy atom. The first-order valence-electron chi connectivity index (χ1n) is 18.9. The van der Waals surface area contributed by atoms with E-state index >= 15 is 0 Å². The Morgan fingerprint density at radius 1 is 0.644 bits per heavy atom. The van der Waals surface area contributed by atoms with Gasteiger partial charge in [0.1, 0.15) is 17.8 Å². The number of carbonyl (C=O) groups is 2. The molecule has 45 heavy (non-hydrogen) atoms. The van der Waals surface area contributed by atoms with Crippen LogP contribution in [-0.2, 0) is 23.8 Å². The summed E-state index contributed by atoms with van der Waals surface area (Å²) in [6.07, 6.45) is 21.2. The Labute approximate surface area is 273 Å². The summed E-state index contributed by atoms with van der Waals surface area (Å²) >= 11 is 0. The molecule has 0 spiro atoms. The standard InChI is InChI=1S/C37H66O8/c1-3-5-6-7-8-9-13-16-19-31(39)35-24-25-36(45-35)33(41)22-21-32(40)34-23-20-27(43-34)17-14-11-10-12-15-18-28-26-29(30(38)4-2)37(42)44-28/h27-29,31-36,39-41H,3-26H2,1-2H3. The summed E-state index contributed by atoms with van der Waals surface area (Å²) < 4.78 is 17.6. The van der Waals surface area contributed by atoms with E-state index in [-0.39, 0.29) is 42.3 Å². The number of rotatable bonds is 25. The van der Waals surface area contributed by atoms with Gasteiger partial charge in [0.2, 0.25) is 0 Å². The van der Waals surface area contributed by atoms with Gasteiger partial charge in [-0.05, 0) is 64.2 Å². The van der Waals surface area contributed by atoms with Crippen LogP contribution in [0.15, 0.2) is 0 Å². The van der Waals surface area contributed by atoms with E-state index in [2.05, 4.69) is 6.92 Å². The summed E-state index contributed by atoms with van der Waals surface area (Å²) in [4.78, 5) is 23.7. The van der Waals surface area contributed by atoms with Crippen LogP contribution in [-0.4, -0.2) is 75.9 Å². The van der Waals surface area contributed by atoms with Gasteiger partial charge in [-0.2, -0.15) is 0 Å². The molecule has 9 atom stereocenters. The maximum Gasteiger partial charge on any atom is 0.316 e. The third-order valence-electron chi connectivity index (χ3n) is 10.5. The zero-order chi connectivity index (χ0) is 32.4. The summed E-state index contributed by atoms with van der Waals surface area (Å²) in [6, 6.07) is 0. The number of unbranched alkanes of at least 4 members (excludes halogenated alkanes) is 11. The van der Waals surface area contributed by atoms with Gasteiger partial charge in [-0.15, -0.1) is 0 Å². The lowest BCUT2D eigenvalue weighted by Crippen LogP contribution is -2.33. The molecule has 0 saturated carbocycles. The van der Waals surface area contributed by atoms with Gasteiger partial charge in [0.25, 0.3) is 0 Å². The first kappa shape index (κ1) is 38.4. The van der Waals surface area contributed by atoms with E-state index < -0.39 is 24.2 Å². The molecule has 0 amide bonds. The lowest BCUT2D eigenvalue weighted by atomic mass is 9.96. The zero-order valence-corrected chi connectivity index (χ0v) is 28.5. The first-order chi connectivity index (χ1) is 21.8. The number of aliphatic hydroxyl groups is 3. The molecule has 3 fully saturated rings. The van der Waals surface area contributed by atoms with Crippen molar-refractivity contribution >= 4 is 11.8 Å². The zero-order valence-electron chi connectivity index (χ0n) is 28.5. The quantitative estimate of drug-likeness (QED) is 0.0549. The van der Waals surface area contributed by atoms with Crippen LogP contribution in [0, 0.1) is 5.92 Å². The van der Waals surface area contributed by atoms with Crippen LogP contribution in [0.1, 0.15) is 168 Å². The highest BCUT2D eigenvalue weighted by molar-refractivity contribution is 5.99. The topological polar surface area (TPSA) is 123 Å². The van der Waals surface area contributed by atoms with Crippen molar-refractivity contribution in [1.29, 1.82) is 0 Å². The molecule has 0 aliphatic carbocycles. The third kappa shape index (κ3) is 13.9. The summed E-state index contributed by atoms with van der Waals surface area (Å²) in [5, 5.41) is 32.1. The largest absolute Gasteiger partial charge is 0.462 e. The first-order valence-corrected chi connectivity index (χ1v) is 18.9. The molecule has 0 aromatic heterocycles. The van der Waals surface area contributed by atoms with Crippen LogP contribution < -0.4 is 0 Å². The van der Waals surface area contributed by atoms with Crippen LogP contribution in [0.2, 0.25) is 0 Å². The molecule has 0 aromatic rings. The van der Waals surface area contributed by atoms with Gasteiger partial charge < -0.3 is 29.5 Å². The third-order valence-corrected chi connectivity index (χ3v) is 10.5. The predicted molar refractivity (Wildman–Crippen MR) is 176 cm³/mol. The molecule has 262 valence electrons. The second kappa shape index (κ2) is 21.7. The SMILES string of the molecule is CCCCCCCCCCC(O)C1CCC(C(O)CCC(O)C2CCC(CCCCCCCC3CC(C(=O)CC)C(=O)O3)O2)O1. The van der Waals surface area contributed by atoms with Gasteiger partial charge in [0.15, 0.2) is 0 Å². The molecule has 8 nitrogen and oxygen atoms in total. The average Bonchev–Trinajstić information content (AvgIpc) is 3.80. The van der Waals surface area contributed by atoms with E-state index in [0.717, 1.165) is 89.9 Å². The van der Waals surface area contributed by atoms with Gasteiger partial charge in [0, 0.05) is 12.8 Å². The van der Waals surface area contributed by atoms with E-state index in [1.54, 1.807) is 6.92 Å². The minimum Gasteiger partial charge on any atom is -0.462 e. The molecule has 9 unspecified atom stereocenters. The smallest absolute Gasteiger partial charge is 0.316 e. The number of aliphatic hydroxyl groups excluding tert-OH is 3. The molecule has 3 rings (SSSR count). The van der Waals surface area contributed by atoms with Crippen LogP contribution in [0.4, 0.5) is 0 Å². The maximum absolute atomic E-state index is 11.9. The monoisotopic (exact) mass is 638 g/mol. The highest BCUT2D eigenvalue weighted by atomic mass is 16.6. The Kier molecular flexibility index (Phi) is 18.5. The minimum atomic E-state index is -0.627. The fraction of sp³-hybridized carbons (Fsp3) is 0.946. The van der Waals surface area contributed by atoms with E-state index in [1.807, 2.05) is 0 Å². The molecule has 3 saturated heterocycles. The molecule has 3 aliphatic heterocycles. The Bertz CT molecular complexity index is 820. The number of ether oxygens (including phenoxy) is 3. The van der Waals surface area contributed by atoms with Gasteiger partial charge in [-0.25, -0.2) is 0 Å². The molecule has 3 aliphatic rings.